The SMILES string of the molecule is O=C(/C=C/c1ccccc1)Nc1ccc(S(=O)(=O)O)cc1. The maximum absolute atomic E-state index is 11.7. The molecule has 5 nitrogen and oxygen atoms in total. The average Bonchev–Trinajstić information content (AvgIpc) is 2.46. The lowest BCUT2D eigenvalue weighted by molar-refractivity contribution is -0.111. The van der Waals surface area contributed by atoms with E-state index in [1.54, 1.807) is 6.08 Å². The Labute approximate surface area is 122 Å². The van der Waals surface area contributed by atoms with Crippen LogP contribution < -0.4 is 5.32 Å². The molecule has 0 unspecified atom stereocenters. The fourth-order valence-electron chi connectivity index (χ4n) is 1.63. The maximum Gasteiger partial charge on any atom is 0.294 e. The quantitative estimate of drug-likeness (QED) is 0.671. The predicted octanol–water partition coefficient (Wildman–Crippen LogP) is 2.59. The molecule has 2 aromatic carbocycles. The van der Waals surface area contributed by atoms with Crippen molar-refractivity contribution >= 4 is 27.8 Å². The summed E-state index contributed by atoms with van der Waals surface area (Å²) in [5.41, 5.74) is 1.33. The highest BCUT2D eigenvalue weighted by Gasteiger charge is 2.08. The van der Waals surface area contributed by atoms with E-state index in [9.17, 15) is 13.2 Å². The van der Waals surface area contributed by atoms with Gasteiger partial charge in [-0.05, 0) is 35.9 Å². The van der Waals surface area contributed by atoms with Crippen LogP contribution in [0.4, 0.5) is 5.69 Å². The maximum atomic E-state index is 11.7. The minimum Gasteiger partial charge on any atom is -0.323 e. The van der Waals surface area contributed by atoms with Crippen molar-refractivity contribution < 1.29 is 17.8 Å². The minimum absolute atomic E-state index is 0.222. The summed E-state index contributed by atoms with van der Waals surface area (Å²) >= 11 is 0. The number of benzene rings is 2. The Morgan fingerprint density at radius 3 is 2.19 bits per heavy atom. The van der Waals surface area contributed by atoms with E-state index in [4.69, 9.17) is 4.55 Å². The Morgan fingerprint density at radius 2 is 1.62 bits per heavy atom. The van der Waals surface area contributed by atoms with Crippen LogP contribution in [-0.2, 0) is 14.9 Å². The Balaban J connectivity index is 2.02. The number of nitrogens with one attached hydrogen (secondary N) is 1. The van der Waals surface area contributed by atoms with Gasteiger partial charge in [-0.2, -0.15) is 8.42 Å². The van der Waals surface area contributed by atoms with Crippen LogP contribution in [0, 0.1) is 0 Å². The van der Waals surface area contributed by atoms with Crippen molar-refractivity contribution in [1.82, 2.24) is 0 Å². The van der Waals surface area contributed by atoms with Crippen molar-refractivity contribution in [3.63, 3.8) is 0 Å². The van der Waals surface area contributed by atoms with Crippen LogP contribution in [0.3, 0.4) is 0 Å². The lowest BCUT2D eigenvalue weighted by atomic mass is 10.2. The molecular formula is C15H13NO4S. The predicted molar refractivity (Wildman–Crippen MR) is 80.4 cm³/mol. The van der Waals surface area contributed by atoms with E-state index >= 15 is 0 Å². The average molecular weight is 303 g/mol. The Morgan fingerprint density at radius 1 is 1.00 bits per heavy atom. The molecule has 2 rings (SSSR count). The zero-order valence-electron chi connectivity index (χ0n) is 10.9. The van der Waals surface area contributed by atoms with E-state index in [0.29, 0.717) is 5.69 Å². The second-order valence-electron chi connectivity index (χ2n) is 4.23. The van der Waals surface area contributed by atoms with Gasteiger partial charge in [0.15, 0.2) is 0 Å². The molecule has 1 amide bonds. The van der Waals surface area contributed by atoms with Gasteiger partial charge in [0.05, 0.1) is 4.90 Å². The fraction of sp³-hybridized carbons (Fsp3) is 0. The van der Waals surface area contributed by atoms with Gasteiger partial charge in [0.1, 0.15) is 0 Å². The van der Waals surface area contributed by atoms with Crippen LogP contribution in [0.5, 0.6) is 0 Å². The first-order chi connectivity index (χ1) is 9.95. The second kappa shape index (κ2) is 6.34. The number of amides is 1. The molecule has 2 aromatic rings. The molecule has 21 heavy (non-hydrogen) atoms. The van der Waals surface area contributed by atoms with Crippen molar-refractivity contribution in [2.24, 2.45) is 0 Å². The summed E-state index contributed by atoms with van der Waals surface area (Å²) in [5, 5.41) is 2.59. The molecule has 0 aliphatic heterocycles. The largest absolute Gasteiger partial charge is 0.323 e. The molecule has 0 bridgehead atoms. The molecule has 0 aromatic heterocycles. The van der Waals surface area contributed by atoms with Crippen molar-refractivity contribution in [2.75, 3.05) is 5.32 Å². The van der Waals surface area contributed by atoms with Gasteiger partial charge in [-0.3, -0.25) is 9.35 Å². The summed E-state index contributed by atoms with van der Waals surface area (Å²) in [6.45, 7) is 0. The summed E-state index contributed by atoms with van der Waals surface area (Å²) in [6, 6.07) is 14.6. The van der Waals surface area contributed by atoms with Gasteiger partial charge >= 0.3 is 0 Å². The highest BCUT2D eigenvalue weighted by atomic mass is 32.2. The third-order valence-corrected chi connectivity index (χ3v) is 3.51. The first-order valence-corrected chi connectivity index (χ1v) is 7.51. The second-order valence-corrected chi connectivity index (χ2v) is 5.65. The molecule has 0 saturated heterocycles. The number of rotatable bonds is 4. The number of carbonyl (C=O) groups is 1. The molecular weight excluding hydrogens is 290 g/mol. The third-order valence-electron chi connectivity index (χ3n) is 2.65. The van der Waals surface area contributed by atoms with Crippen LogP contribution in [0.2, 0.25) is 0 Å². The van der Waals surface area contributed by atoms with E-state index < -0.39 is 10.1 Å². The number of hydrogen-bond donors (Lipinski definition) is 2. The van der Waals surface area contributed by atoms with Crippen molar-refractivity contribution in [3.05, 3.63) is 66.2 Å². The van der Waals surface area contributed by atoms with E-state index in [1.807, 2.05) is 30.3 Å². The molecule has 0 atom stereocenters. The van der Waals surface area contributed by atoms with Gasteiger partial charge in [0, 0.05) is 11.8 Å². The van der Waals surface area contributed by atoms with E-state index in [2.05, 4.69) is 5.32 Å². The topological polar surface area (TPSA) is 83.5 Å². The van der Waals surface area contributed by atoms with E-state index in [1.165, 1.54) is 30.3 Å². The van der Waals surface area contributed by atoms with Crippen molar-refractivity contribution in [3.8, 4) is 0 Å². The first-order valence-electron chi connectivity index (χ1n) is 6.07. The smallest absolute Gasteiger partial charge is 0.294 e. The molecule has 108 valence electrons. The standard InChI is InChI=1S/C15H13NO4S/c17-15(11-6-12-4-2-1-3-5-12)16-13-7-9-14(10-8-13)21(18,19)20/h1-11H,(H,16,17)(H,18,19,20)/b11-6+. The molecule has 0 saturated carbocycles. The minimum atomic E-state index is -4.22. The van der Waals surface area contributed by atoms with Crippen molar-refractivity contribution in [2.45, 2.75) is 4.90 Å². The van der Waals surface area contributed by atoms with Gasteiger partial charge in [-0.25, -0.2) is 0 Å². The lowest BCUT2D eigenvalue weighted by Crippen LogP contribution is -2.08. The highest BCUT2D eigenvalue weighted by molar-refractivity contribution is 7.85. The van der Waals surface area contributed by atoms with E-state index in [-0.39, 0.29) is 10.8 Å². The Kier molecular flexibility index (Phi) is 4.52. The summed E-state index contributed by atoms with van der Waals surface area (Å²) in [4.78, 5) is 11.5. The number of carbonyl (C=O) groups excluding carboxylic acids is 1. The summed E-state index contributed by atoms with van der Waals surface area (Å²) in [6.07, 6.45) is 3.05. The molecule has 2 N–H and O–H groups in total. The molecule has 0 aliphatic rings. The van der Waals surface area contributed by atoms with Crippen molar-refractivity contribution in [1.29, 1.82) is 0 Å². The fourth-order valence-corrected chi connectivity index (χ4v) is 2.11. The third kappa shape index (κ3) is 4.55. The normalized spacial score (nSPS) is 11.5. The molecule has 0 heterocycles. The van der Waals surface area contributed by atoms with Crippen LogP contribution in [0.25, 0.3) is 6.08 Å². The van der Waals surface area contributed by atoms with E-state index in [0.717, 1.165) is 5.56 Å². The van der Waals surface area contributed by atoms with Gasteiger partial charge < -0.3 is 5.32 Å². The number of hydrogen-bond acceptors (Lipinski definition) is 3. The summed E-state index contributed by atoms with van der Waals surface area (Å²) in [7, 11) is -4.22. The van der Waals surface area contributed by atoms with Gasteiger partial charge in [0.25, 0.3) is 10.1 Å². The monoisotopic (exact) mass is 303 g/mol. The van der Waals surface area contributed by atoms with Gasteiger partial charge in [0.2, 0.25) is 5.91 Å². The molecule has 0 aliphatic carbocycles. The van der Waals surface area contributed by atoms with Gasteiger partial charge in [-0.15, -0.1) is 0 Å². The molecule has 0 fully saturated rings. The summed E-state index contributed by atoms with van der Waals surface area (Å²) in [5.74, 6) is -0.335. The van der Waals surface area contributed by atoms with Crippen LogP contribution in [0.1, 0.15) is 5.56 Å². The number of anilines is 1. The zero-order valence-corrected chi connectivity index (χ0v) is 11.7. The summed E-state index contributed by atoms with van der Waals surface area (Å²) < 4.78 is 30.6. The zero-order chi connectivity index (χ0) is 15.3. The van der Waals surface area contributed by atoms with Gasteiger partial charge in [-0.1, -0.05) is 30.3 Å². The van der Waals surface area contributed by atoms with Crippen LogP contribution in [0.15, 0.2) is 65.6 Å². The Hall–Kier alpha value is -2.44. The van der Waals surface area contributed by atoms with Crippen LogP contribution >= 0.6 is 0 Å². The van der Waals surface area contributed by atoms with Crippen LogP contribution in [-0.4, -0.2) is 18.9 Å². The Bertz CT molecular complexity index is 750. The molecule has 0 radical (unpaired) electrons. The lowest BCUT2D eigenvalue weighted by Gasteiger charge is -2.03. The first kappa shape index (κ1) is 15.0. The highest BCUT2D eigenvalue weighted by Crippen LogP contribution is 2.13. The molecule has 6 heteroatoms. The molecule has 0 spiro atoms.